The smallest absolute Gasteiger partial charge is 0.320 e. The Labute approximate surface area is 97.8 Å². The Morgan fingerprint density at radius 2 is 1.94 bits per heavy atom. The highest BCUT2D eigenvalue weighted by atomic mass is 16.2. The van der Waals surface area contributed by atoms with Gasteiger partial charge in [0.05, 0.1) is 0 Å². The molecule has 92 valence electrons. The van der Waals surface area contributed by atoms with E-state index < -0.39 is 0 Å². The number of hydrogen-bond acceptors (Lipinski definition) is 2. The van der Waals surface area contributed by atoms with Gasteiger partial charge in [-0.05, 0) is 39.0 Å². The van der Waals surface area contributed by atoms with Crippen LogP contribution in [0.3, 0.4) is 0 Å². The van der Waals surface area contributed by atoms with E-state index in [1.54, 1.807) is 0 Å². The second-order valence-corrected chi connectivity index (χ2v) is 5.05. The van der Waals surface area contributed by atoms with Crippen LogP contribution in [-0.2, 0) is 0 Å². The van der Waals surface area contributed by atoms with Crippen LogP contribution < -0.4 is 5.73 Å². The largest absolute Gasteiger partial charge is 0.328 e. The maximum atomic E-state index is 12.4. The molecule has 2 fully saturated rings. The fraction of sp³-hybridized carbons (Fsp3) is 0.917. The van der Waals surface area contributed by atoms with E-state index in [1.807, 2.05) is 9.80 Å². The summed E-state index contributed by atoms with van der Waals surface area (Å²) in [6.07, 6.45) is 5.70. The van der Waals surface area contributed by atoms with Gasteiger partial charge in [-0.25, -0.2) is 4.79 Å². The minimum absolute atomic E-state index is 0.222. The van der Waals surface area contributed by atoms with Gasteiger partial charge in [-0.1, -0.05) is 0 Å². The minimum atomic E-state index is 0.222. The average molecular weight is 225 g/mol. The van der Waals surface area contributed by atoms with E-state index in [-0.39, 0.29) is 12.1 Å². The molecule has 2 aliphatic rings. The molecule has 4 heteroatoms. The van der Waals surface area contributed by atoms with Gasteiger partial charge in [0.1, 0.15) is 0 Å². The fourth-order valence-electron chi connectivity index (χ4n) is 2.93. The Balaban J connectivity index is 2.05. The molecule has 0 spiro atoms. The van der Waals surface area contributed by atoms with Crippen LogP contribution >= 0.6 is 0 Å². The van der Waals surface area contributed by atoms with Crippen LogP contribution in [0, 0.1) is 0 Å². The predicted octanol–water partition coefficient (Wildman–Crippen LogP) is 1.40. The second kappa shape index (κ2) is 5.04. The molecule has 0 aromatic rings. The molecule has 2 rings (SSSR count). The molecule has 0 aromatic carbocycles. The number of likely N-dealkylation sites (tertiary alicyclic amines) is 2. The lowest BCUT2D eigenvalue weighted by Gasteiger charge is -2.42. The number of rotatable bonds is 1. The van der Waals surface area contributed by atoms with Crippen molar-refractivity contribution in [1.29, 1.82) is 0 Å². The first-order chi connectivity index (χ1) is 7.74. The van der Waals surface area contributed by atoms with Gasteiger partial charge < -0.3 is 15.5 Å². The normalized spacial score (nSPS) is 30.9. The summed E-state index contributed by atoms with van der Waals surface area (Å²) in [6, 6.07) is 0.840. The molecule has 2 unspecified atom stereocenters. The summed E-state index contributed by atoms with van der Waals surface area (Å²) in [7, 11) is 0. The number of carbonyl (C=O) groups is 1. The molecule has 0 bridgehead atoms. The minimum Gasteiger partial charge on any atom is -0.328 e. The number of amides is 2. The summed E-state index contributed by atoms with van der Waals surface area (Å²) in [5, 5.41) is 0. The quantitative estimate of drug-likeness (QED) is 0.733. The number of nitrogens with zero attached hydrogens (tertiary/aromatic N) is 2. The van der Waals surface area contributed by atoms with E-state index in [4.69, 9.17) is 5.73 Å². The van der Waals surface area contributed by atoms with Crippen molar-refractivity contribution in [1.82, 2.24) is 9.80 Å². The number of carbonyl (C=O) groups excluding carboxylic acids is 1. The van der Waals surface area contributed by atoms with Crippen LogP contribution in [0.15, 0.2) is 0 Å². The molecule has 16 heavy (non-hydrogen) atoms. The highest BCUT2D eigenvalue weighted by Crippen LogP contribution is 2.24. The molecule has 2 N–H and O–H groups in total. The Hall–Kier alpha value is -0.770. The molecule has 2 saturated heterocycles. The second-order valence-electron chi connectivity index (χ2n) is 5.05. The third-order valence-corrected chi connectivity index (χ3v) is 3.90. The highest BCUT2D eigenvalue weighted by molar-refractivity contribution is 5.75. The molecule has 0 aromatic heterocycles. The summed E-state index contributed by atoms with van der Waals surface area (Å²) < 4.78 is 0. The lowest BCUT2D eigenvalue weighted by Crippen LogP contribution is -2.55. The highest BCUT2D eigenvalue weighted by Gasteiger charge is 2.34. The Morgan fingerprint density at radius 1 is 1.25 bits per heavy atom. The third-order valence-electron chi connectivity index (χ3n) is 3.90. The van der Waals surface area contributed by atoms with Crippen molar-refractivity contribution in [2.45, 2.75) is 51.1 Å². The molecular weight excluding hydrogens is 202 g/mol. The van der Waals surface area contributed by atoms with Gasteiger partial charge in [0.15, 0.2) is 0 Å². The average Bonchev–Trinajstić information content (AvgIpc) is 2.81. The Kier molecular flexibility index (Phi) is 3.69. The van der Waals surface area contributed by atoms with Crippen LogP contribution in [0.1, 0.15) is 39.0 Å². The van der Waals surface area contributed by atoms with Gasteiger partial charge in [-0.15, -0.1) is 0 Å². The van der Waals surface area contributed by atoms with Gasteiger partial charge in [0, 0.05) is 31.7 Å². The number of hydrogen-bond donors (Lipinski definition) is 1. The van der Waals surface area contributed by atoms with E-state index in [0.717, 1.165) is 38.8 Å². The van der Waals surface area contributed by atoms with E-state index in [1.165, 1.54) is 6.42 Å². The van der Waals surface area contributed by atoms with Crippen molar-refractivity contribution in [2.24, 2.45) is 5.73 Å². The zero-order valence-corrected chi connectivity index (χ0v) is 10.2. The third kappa shape index (κ3) is 2.17. The molecular formula is C12H23N3O. The van der Waals surface area contributed by atoms with Crippen molar-refractivity contribution >= 4 is 6.03 Å². The Morgan fingerprint density at radius 3 is 2.56 bits per heavy atom. The molecule has 4 nitrogen and oxygen atoms in total. The first-order valence-corrected chi connectivity index (χ1v) is 6.51. The fourth-order valence-corrected chi connectivity index (χ4v) is 2.93. The topological polar surface area (TPSA) is 49.6 Å². The maximum absolute atomic E-state index is 12.4. The maximum Gasteiger partial charge on any atom is 0.320 e. The SMILES string of the molecule is CC1CCCC(CN)N1C(=O)N1CCCC1. The monoisotopic (exact) mass is 225 g/mol. The van der Waals surface area contributed by atoms with Gasteiger partial charge in [0.2, 0.25) is 0 Å². The number of urea groups is 1. The van der Waals surface area contributed by atoms with Crippen LogP contribution in [0.2, 0.25) is 0 Å². The van der Waals surface area contributed by atoms with Crippen molar-refractivity contribution in [3.63, 3.8) is 0 Å². The molecule has 0 radical (unpaired) electrons. The standard InChI is InChI=1S/C12H23N3O/c1-10-5-4-6-11(9-13)15(10)12(16)14-7-2-3-8-14/h10-11H,2-9,13H2,1H3. The summed E-state index contributed by atoms with van der Waals surface area (Å²) in [6.45, 7) is 4.61. The van der Waals surface area contributed by atoms with Crippen molar-refractivity contribution < 1.29 is 4.79 Å². The molecule has 0 aliphatic carbocycles. The van der Waals surface area contributed by atoms with Crippen molar-refractivity contribution in [3.8, 4) is 0 Å². The van der Waals surface area contributed by atoms with Gasteiger partial charge in [-0.2, -0.15) is 0 Å². The first-order valence-electron chi connectivity index (χ1n) is 6.51. The lowest BCUT2D eigenvalue weighted by molar-refractivity contribution is 0.0942. The van der Waals surface area contributed by atoms with Crippen molar-refractivity contribution in [2.75, 3.05) is 19.6 Å². The van der Waals surface area contributed by atoms with E-state index in [2.05, 4.69) is 6.92 Å². The van der Waals surface area contributed by atoms with E-state index >= 15 is 0 Å². The molecule has 2 amide bonds. The summed E-state index contributed by atoms with van der Waals surface area (Å²) in [5.74, 6) is 0. The number of piperidine rings is 1. The summed E-state index contributed by atoms with van der Waals surface area (Å²) in [5.41, 5.74) is 5.78. The van der Waals surface area contributed by atoms with Gasteiger partial charge >= 0.3 is 6.03 Å². The predicted molar refractivity (Wildman–Crippen MR) is 64.2 cm³/mol. The summed E-state index contributed by atoms with van der Waals surface area (Å²) in [4.78, 5) is 16.4. The molecule has 2 aliphatic heterocycles. The van der Waals surface area contributed by atoms with E-state index in [9.17, 15) is 4.79 Å². The zero-order chi connectivity index (χ0) is 11.5. The van der Waals surface area contributed by atoms with Crippen LogP contribution in [-0.4, -0.2) is 47.5 Å². The van der Waals surface area contributed by atoms with Crippen molar-refractivity contribution in [3.05, 3.63) is 0 Å². The van der Waals surface area contributed by atoms with Gasteiger partial charge in [0.25, 0.3) is 0 Å². The lowest BCUT2D eigenvalue weighted by atomic mass is 9.97. The summed E-state index contributed by atoms with van der Waals surface area (Å²) >= 11 is 0. The zero-order valence-electron chi connectivity index (χ0n) is 10.2. The van der Waals surface area contributed by atoms with E-state index in [0.29, 0.717) is 12.6 Å². The number of nitrogens with two attached hydrogens (primary N) is 1. The molecule has 2 atom stereocenters. The molecule has 0 saturated carbocycles. The van der Waals surface area contributed by atoms with Crippen LogP contribution in [0.25, 0.3) is 0 Å². The Bertz CT molecular complexity index is 251. The first kappa shape index (κ1) is 11.7. The van der Waals surface area contributed by atoms with Gasteiger partial charge in [-0.3, -0.25) is 0 Å². The van der Waals surface area contributed by atoms with Crippen LogP contribution in [0.5, 0.6) is 0 Å². The van der Waals surface area contributed by atoms with Crippen LogP contribution in [0.4, 0.5) is 4.79 Å². The molecule has 2 heterocycles.